The van der Waals surface area contributed by atoms with Crippen LogP contribution in [0.5, 0.6) is 0 Å². The molecule has 1 N–H and O–H groups in total. The van der Waals surface area contributed by atoms with E-state index in [1.165, 1.54) is 17.6 Å². The maximum absolute atomic E-state index is 12.5. The van der Waals surface area contributed by atoms with Crippen molar-refractivity contribution in [2.24, 2.45) is 0 Å². The average Bonchev–Trinajstić information content (AvgIpc) is 2.78. The first kappa shape index (κ1) is 21.7. The van der Waals surface area contributed by atoms with Crippen LogP contribution in [-0.4, -0.2) is 72.4 Å². The van der Waals surface area contributed by atoms with Gasteiger partial charge in [-0.25, -0.2) is 9.97 Å². The van der Waals surface area contributed by atoms with Crippen molar-refractivity contribution in [2.75, 3.05) is 39.1 Å². The predicted molar refractivity (Wildman–Crippen MR) is 119 cm³/mol. The van der Waals surface area contributed by atoms with Crippen LogP contribution in [0.4, 0.5) is 5.69 Å². The molecule has 8 nitrogen and oxygen atoms in total. The van der Waals surface area contributed by atoms with Crippen molar-refractivity contribution >= 4 is 11.6 Å². The van der Waals surface area contributed by atoms with Gasteiger partial charge in [-0.05, 0) is 44.6 Å². The van der Waals surface area contributed by atoms with Gasteiger partial charge in [-0.15, -0.1) is 0 Å². The molecule has 8 heteroatoms. The highest BCUT2D eigenvalue weighted by molar-refractivity contribution is 5.77. The highest BCUT2D eigenvalue weighted by atomic mass is 16.5. The van der Waals surface area contributed by atoms with Gasteiger partial charge in [0.05, 0.1) is 17.8 Å². The van der Waals surface area contributed by atoms with E-state index in [-0.39, 0.29) is 18.1 Å². The molecule has 0 saturated carbocycles. The van der Waals surface area contributed by atoms with Gasteiger partial charge in [0.25, 0.3) is 0 Å². The van der Waals surface area contributed by atoms with E-state index in [1.807, 2.05) is 6.07 Å². The summed E-state index contributed by atoms with van der Waals surface area (Å²) in [7, 11) is 5.99. The lowest BCUT2D eigenvalue weighted by Crippen LogP contribution is -2.56. The lowest BCUT2D eigenvalue weighted by Gasteiger charge is -2.41. The fraction of sp³-hybridized carbons (Fsp3) is 0.522. The zero-order chi connectivity index (χ0) is 21.8. The van der Waals surface area contributed by atoms with Crippen LogP contribution >= 0.6 is 0 Å². The van der Waals surface area contributed by atoms with Gasteiger partial charge < -0.3 is 19.4 Å². The van der Waals surface area contributed by atoms with E-state index in [0.717, 1.165) is 38.2 Å². The molecule has 4 rings (SSSR count). The number of para-hydroxylation sites is 1. The Balaban J connectivity index is 1.37. The number of hydrogen-bond acceptors (Lipinski definition) is 7. The summed E-state index contributed by atoms with van der Waals surface area (Å²) in [5.74, 6) is 0.0578. The van der Waals surface area contributed by atoms with E-state index in [4.69, 9.17) is 4.74 Å². The van der Waals surface area contributed by atoms with Gasteiger partial charge in [0.2, 0.25) is 5.91 Å². The lowest BCUT2D eigenvalue weighted by atomic mass is 10.0. The highest BCUT2D eigenvalue weighted by Crippen LogP contribution is 2.28. The van der Waals surface area contributed by atoms with Crippen LogP contribution in [0, 0.1) is 0 Å². The van der Waals surface area contributed by atoms with E-state index in [0.29, 0.717) is 6.42 Å². The van der Waals surface area contributed by atoms with Gasteiger partial charge in [-0.2, -0.15) is 0 Å². The van der Waals surface area contributed by atoms with E-state index in [9.17, 15) is 4.79 Å². The monoisotopic (exact) mass is 424 g/mol. The van der Waals surface area contributed by atoms with E-state index < -0.39 is 6.35 Å². The third-order valence-electron chi connectivity index (χ3n) is 6.01. The predicted octanol–water partition coefficient (Wildman–Crippen LogP) is 2.00. The van der Waals surface area contributed by atoms with Crippen molar-refractivity contribution in [3.8, 4) is 0 Å². The molecule has 0 aliphatic carbocycles. The van der Waals surface area contributed by atoms with Gasteiger partial charge in [0, 0.05) is 45.0 Å². The van der Waals surface area contributed by atoms with Crippen molar-refractivity contribution in [1.82, 2.24) is 25.1 Å². The number of nitrogens with zero attached hydrogens (tertiary/aromatic N) is 5. The summed E-state index contributed by atoms with van der Waals surface area (Å²) in [6.45, 7) is 2.81. The summed E-state index contributed by atoms with van der Waals surface area (Å²) >= 11 is 0. The SMILES string of the molecule is CN(C)Cc1ccccc1N1CCC(OC2NC(c3ccncn3)CC(=O)N2C)CC1. The third kappa shape index (κ3) is 5.20. The van der Waals surface area contributed by atoms with Gasteiger partial charge in [0.15, 0.2) is 6.35 Å². The highest BCUT2D eigenvalue weighted by Gasteiger charge is 2.35. The summed E-state index contributed by atoms with van der Waals surface area (Å²) in [6.07, 6.45) is 5.09. The van der Waals surface area contributed by atoms with Gasteiger partial charge in [-0.1, -0.05) is 18.2 Å². The molecule has 0 bridgehead atoms. The molecule has 3 heterocycles. The molecule has 2 aliphatic heterocycles. The number of hydrogen-bond donors (Lipinski definition) is 1. The zero-order valence-corrected chi connectivity index (χ0v) is 18.6. The second kappa shape index (κ2) is 9.72. The molecule has 1 amide bonds. The summed E-state index contributed by atoms with van der Waals surface area (Å²) in [5.41, 5.74) is 3.47. The molecule has 166 valence electrons. The Morgan fingerprint density at radius 1 is 1.19 bits per heavy atom. The van der Waals surface area contributed by atoms with Crippen LogP contribution in [-0.2, 0) is 16.1 Å². The van der Waals surface area contributed by atoms with Crippen LogP contribution in [0.2, 0.25) is 0 Å². The van der Waals surface area contributed by atoms with Crippen molar-refractivity contribution in [1.29, 1.82) is 0 Å². The number of nitrogens with one attached hydrogen (secondary N) is 1. The number of anilines is 1. The second-order valence-electron chi connectivity index (χ2n) is 8.60. The van der Waals surface area contributed by atoms with Gasteiger partial charge >= 0.3 is 0 Å². The third-order valence-corrected chi connectivity index (χ3v) is 6.01. The maximum atomic E-state index is 12.5. The van der Waals surface area contributed by atoms with Crippen molar-refractivity contribution in [3.05, 3.63) is 54.1 Å². The Morgan fingerprint density at radius 3 is 2.68 bits per heavy atom. The summed E-state index contributed by atoms with van der Waals surface area (Å²) in [4.78, 5) is 27.1. The lowest BCUT2D eigenvalue weighted by molar-refractivity contribution is -0.167. The van der Waals surface area contributed by atoms with Crippen LogP contribution < -0.4 is 10.2 Å². The molecule has 2 fully saturated rings. The maximum Gasteiger partial charge on any atom is 0.227 e. The molecule has 1 aromatic carbocycles. The molecule has 2 saturated heterocycles. The van der Waals surface area contributed by atoms with Crippen molar-refractivity contribution in [2.45, 2.75) is 44.3 Å². The summed E-state index contributed by atoms with van der Waals surface area (Å²) < 4.78 is 6.36. The van der Waals surface area contributed by atoms with Crippen molar-refractivity contribution in [3.63, 3.8) is 0 Å². The normalized spacial score (nSPS) is 22.9. The first-order valence-corrected chi connectivity index (χ1v) is 10.9. The minimum atomic E-state index is -0.446. The number of piperidine rings is 1. The molecule has 2 aromatic rings. The Kier molecular flexibility index (Phi) is 6.80. The Hall–Kier alpha value is -2.55. The van der Waals surface area contributed by atoms with Crippen LogP contribution in [0.15, 0.2) is 42.9 Å². The van der Waals surface area contributed by atoms with Gasteiger partial charge in [-0.3, -0.25) is 10.1 Å². The quantitative estimate of drug-likeness (QED) is 0.760. The number of benzene rings is 1. The summed E-state index contributed by atoms with van der Waals surface area (Å²) in [6, 6.07) is 10.3. The minimum Gasteiger partial charge on any atom is -0.371 e. The molecule has 0 spiro atoms. The molecule has 2 atom stereocenters. The number of carbonyl (C=O) groups is 1. The first-order chi connectivity index (χ1) is 15.0. The Bertz CT molecular complexity index is 869. The van der Waals surface area contributed by atoms with E-state index in [1.54, 1.807) is 18.1 Å². The van der Waals surface area contributed by atoms with E-state index >= 15 is 0 Å². The summed E-state index contributed by atoms with van der Waals surface area (Å²) in [5, 5.41) is 3.44. The standard InChI is InChI=1S/C23H32N6O2/c1-27(2)15-17-6-4-5-7-21(17)29-12-9-18(10-13-29)31-23-26-20(14-22(30)28(23)3)19-8-11-24-16-25-19/h4-8,11,16,18,20,23,26H,9-10,12-15H2,1-3H3. The first-order valence-electron chi connectivity index (χ1n) is 10.9. The molecule has 2 aliphatic rings. The Labute approximate surface area is 184 Å². The number of ether oxygens (including phenoxy) is 1. The molecular weight excluding hydrogens is 392 g/mol. The minimum absolute atomic E-state index is 0.0578. The van der Waals surface area contributed by atoms with Crippen LogP contribution in [0.25, 0.3) is 0 Å². The fourth-order valence-electron chi connectivity index (χ4n) is 4.33. The molecular formula is C23H32N6O2. The number of rotatable bonds is 6. The Morgan fingerprint density at radius 2 is 1.97 bits per heavy atom. The molecule has 2 unspecified atom stereocenters. The number of amides is 1. The molecule has 31 heavy (non-hydrogen) atoms. The number of carbonyl (C=O) groups excluding carboxylic acids is 1. The second-order valence-corrected chi connectivity index (χ2v) is 8.60. The zero-order valence-electron chi connectivity index (χ0n) is 18.6. The van der Waals surface area contributed by atoms with Crippen LogP contribution in [0.1, 0.15) is 36.6 Å². The largest absolute Gasteiger partial charge is 0.371 e. The average molecular weight is 425 g/mol. The molecule has 1 aromatic heterocycles. The van der Waals surface area contributed by atoms with Crippen molar-refractivity contribution < 1.29 is 9.53 Å². The molecule has 0 radical (unpaired) electrons. The van der Waals surface area contributed by atoms with Crippen LogP contribution in [0.3, 0.4) is 0 Å². The van der Waals surface area contributed by atoms with E-state index in [2.05, 4.69) is 63.4 Å². The number of aromatic nitrogens is 2. The smallest absolute Gasteiger partial charge is 0.227 e. The van der Waals surface area contributed by atoms with Gasteiger partial charge in [0.1, 0.15) is 6.33 Å². The topological polar surface area (TPSA) is 73.8 Å². The fourth-order valence-corrected chi connectivity index (χ4v) is 4.33.